The molecule has 106 valence electrons. The zero-order valence-corrected chi connectivity index (χ0v) is 13.3. The van der Waals surface area contributed by atoms with Gasteiger partial charge in [-0.15, -0.1) is 0 Å². The van der Waals surface area contributed by atoms with Crippen molar-refractivity contribution in [3.63, 3.8) is 0 Å². The molecule has 0 saturated heterocycles. The molecule has 0 aliphatic heterocycles. The van der Waals surface area contributed by atoms with E-state index in [0.29, 0.717) is 6.42 Å². The second kappa shape index (κ2) is 5.61. The van der Waals surface area contributed by atoms with Gasteiger partial charge in [0.1, 0.15) is 0 Å². The maximum Gasteiger partial charge on any atom is 0.186 e. The highest BCUT2D eigenvalue weighted by Crippen LogP contribution is 2.39. The molecule has 0 bridgehead atoms. The Morgan fingerprint density at radius 1 is 1.21 bits per heavy atom. The third-order valence-corrected chi connectivity index (χ3v) is 4.68. The Bertz CT molecular complexity index is 459. The van der Waals surface area contributed by atoms with Crippen LogP contribution in [0.2, 0.25) is 0 Å². The first-order valence-electron chi connectivity index (χ1n) is 7.24. The van der Waals surface area contributed by atoms with E-state index in [1.165, 1.54) is 0 Å². The molecule has 1 aliphatic carbocycles. The van der Waals surface area contributed by atoms with Gasteiger partial charge in [0, 0.05) is 19.5 Å². The smallest absolute Gasteiger partial charge is 0.186 e. The Morgan fingerprint density at radius 3 is 2.42 bits per heavy atom. The van der Waals surface area contributed by atoms with Gasteiger partial charge in [0.05, 0.1) is 10.6 Å². The van der Waals surface area contributed by atoms with Crippen LogP contribution in [0.3, 0.4) is 0 Å². The van der Waals surface area contributed by atoms with E-state index >= 15 is 0 Å². The molecule has 0 amide bonds. The Morgan fingerprint density at radius 2 is 1.84 bits per heavy atom. The first-order chi connectivity index (χ1) is 8.96. The third kappa shape index (κ3) is 3.16. The molecule has 0 fully saturated rings. The van der Waals surface area contributed by atoms with Crippen LogP contribution in [0.1, 0.15) is 62.3 Å². The van der Waals surface area contributed by atoms with E-state index in [9.17, 15) is 4.79 Å². The van der Waals surface area contributed by atoms with Gasteiger partial charge in [0.2, 0.25) is 0 Å². The predicted molar refractivity (Wildman–Crippen MR) is 81.3 cm³/mol. The summed E-state index contributed by atoms with van der Waals surface area (Å²) in [7, 11) is 0. The van der Waals surface area contributed by atoms with Crippen molar-refractivity contribution in [2.75, 3.05) is 18.0 Å². The summed E-state index contributed by atoms with van der Waals surface area (Å²) in [6.45, 7) is 10.7. The number of thiazole rings is 1. The van der Waals surface area contributed by atoms with Gasteiger partial charge >= 0.3 is 0 Å². The molecule has 0 radical (unpaired) electrons. The molecule has 0 spiro atoms. The summed E-state index contributed by atoms with van der Waals surface area (Å²) in [6, 6.07) is 0. The standard InChI is InChI=1S/C15H24N2OS/c1-5-7-17(8-6-2)14-16-11-9-15(3,4)10-12(18)13(11)19-14/h5-10H2,1-4H3. The molecule has 0 atom stereocenters. The highest BCUT2D eigenvalue weighted by atomic mass is 32.1. The van der Waals surface area contributed by atoms with Gasteiger partial charge in [0.25, 0.3) is 0 Å². The lowest BCUT2D eigenvalue weighted by molar-refractivity contribution is 0.0916. The number of carbonyl (C=O) groups excluding carboxylic acids is 1. The third-order valence-electron chi connectivity index (χ3n) is 3.48. The fraction of sp³-hybridized carbons (Fsp3) is 0.733. The molecule has 4 heteroatoms. The second-order valence-electron chi connectivity index (χ2n) is 6.20. The van der Waals surface area contributed by atoms with Crippen molar-refractivity contribution >= 4 is 22.3 Å². The second-order valence-corrected chi connectivity index (χ2v) is 7.18. The number of hydrogen-bond acceptors (Lipinski definition) is 4. The summed E-state index contributed by atoms with van der Waals surface area (Å²) in [5.74, 6) is 0.281. The van der Waals surface area contributed by atoms with Gasteiger partial charge in [-0.1, -0.05) is 39.0 Å². The molecule has 19 heavy (non-hydrogen) atoms. The van der Waals surface area contributed by atoms with Crippen molar-refractivity contribution in [1.82, 2.24) is 4.98 Å². The summed E-state index contributed by atoms with van der Waals surface area (Å²) in [4.78, 5) is 20.2. The zero-order valence-electron chi connectivity index (χ0n) is 12.5. The number of rotatable bonds is 5. The molecule has 3 nitrogen and oxygen atoms in total. The summed E-state index contributed by atoms with van der Waals surface area (Å²) in [5.41, 5.74) is 1.09. The van der Waals surface area contributed by atoms with Crippen LogP contribution in [0.4, 0.5) is 5.13 Å². The van der Waals surface area contributed by atoms with Crippen LogP contribution in [0.15, 0.2) is 0 Å². The van der Waals surface area contributed by atoms with Gasteiger partial charge in [-0.3, -0.25) is 4.79 Å². The van der Waals surface area contributed by atoms with Gasteiger partial charge < -0.3 is 4.90 Å². The molecule has 1 heterocycles. The van der Waals surface area contributed by atoms with Crippen molar-refractivity contribution in [3.05, 3.63) is 10.6 Å². The van der Waals surface area contributed by atoms with Crippen LogP contribution in [0.5, 0.6) is 0 Å². The minimum absolute atomic E-state index is 0.0652. The number of nitrogens with zero attached hydrogens (tertiary/aromatic N) is 2. The lowest BCUT2D eigenvalue weighted by Crippen LogP contribution is -2.26. The average molecular weight is 280 g/mol. The normalized spacial score (nSPS) is 17.4. The predicted octanol–water partition coefficient (Wildman–Crippen LogP) is 3.92. The molecule has 0 aromatic carbocycles. The molecule has 1 aromatic rings. The van der Waals surface area contributed by atoms with Crippen molar-refractivity contribution in [2.24, 2.45) is 5.41 Å². The molecule has 0 saturated carbocycles. The molecule has 0 N–H and O–H groups in total. The first kappa shape index (κ1) is 14.5. The SMILES string of the molecule is CCCN(CCC)c1nc2c(s1)C(=O)CC(C)(C)C2. The molecule has 1 aromatic heterocycles. The van der Waals surface area contributed by atoms with Crippen molar-refractivity contribution in [1.29, 1.82) is 0 Å². The fourth-order valence-corrected chi connectivity index (χ4v) is 3.76. The maximum absolute atomic E-state index is 12.2. The van der Waals surface area contributed by atoms with Gasteiger partial charge in [-0.05, 0) is 24.7 Å². The highest BCUT2D eigenvalue weighted by molar-refractivity contribution is 7.17. The fourth-order valence-electron chi connectivity index (χ4n) is 2.69. The van der Waals surface area contributed by atoms with E-state index < -0.39 is 0 Å². The minimum Gasteiger partial charge on any atom is -0.348 e. The number of ketones is 1. The Balaban J connectivity index is 2.28. The van der Waals surface area contributed by atoms with Crippen LogP contribution in [0, 0.1) is 5.41 Å². The van der Waals surface area contributed by atoms with Crippen molar-refractivity contribution in [2.45, 2.75) is 53.4 Å². The van der Waals surface area contributed by atoms with Crippen LogP contribution < -0.4 is 4.90 Å². The molecular weight excluding hydrogens is 256 g/mol. The number of Topliss-reactive ketones (excluding diaryl/α,β-unsaturated/α-hetero) is 1. The number of aromatic nitrogens is 1. The summed E-state index contributed by atoms with van der Waals surface area (Å²) in [6.07, 6.45) is 3.81. The zero-order chi connectivity index (χ0) is 14.0. The molecule has 2 rings (SSSR count). The van der Waals surface area contributed by atoms with E-state index in [4.69, 9.17) is 4.98 Å². The largest absolute Gasteiger partial charge is 0.348 e. The van der Waals surface area contributed by atoms with Crippen LogP contribution >= 0.6 is 11.3 Å². The maximum atomic E-state index is 12.2. The monoisotopic (exact) mass is 280 g/mol. The topological polar surface area (TPSA) is 33.2 Å². The van der Waals surface area contributed by atoms with E-state index in [1.54, 1.807) is 11.3 Å². The molecule has 0 unspecified atom stereocenters. The average Bonchev–Trinajstić information content (AvgIpc) is 2.71. The lowest BCUT2D eigenvalue weighted by Gasteiger charge is -2.26. The Hall–Kier alpha value is -0.900. The van der Waals surface area contributed by atoms with E-state index in [-0.39, 0.29) is 11.2 Å². The van der Waals surface area contributed by atoms with E-state index in [2.05, 4.69) is 32.6 Å². The number of hydrogen-bond donors (Lipinski definition) is 0. The van der Waals surface area contributed by atoms with Crippen LogP contribution in [-0.4, -0.2) is 23.9 Å². The van der Waals surface area contributed by atoms with Gasteiger partial charge in [-0.25, -0.2) is 4.98 Å². The number of fused-ring (bicyclic) bond motifs is 1. The summed E-state index contributed by atoms with van der Waals surface area (Å²) >= 11 is 1.60. The van der Waals surface area contributed by atoms with Crippen molar-refractivity contribution < 1.29 is 4.79 Å². The quantitative estimate of drug-likeness (QED) is 0.819. The van der Waals surface area contributed by atoms with Gasteiger partial charge in [-0.2, -0.15) is 0 Å². The molecule has 1 aliphatic rings. The summed E-state index contributed by atoms with van der Waals surface area (Å²) < 4.78 is 0. The van der Waals surface area contributed by atoms with Gasteiger partial charge in [0.15, 0.2) is 10.9 Å². The highest BCUT2D eigenvalue weighted by Gasteiger charge is 2.34. The lowest BCUT2D eigenvalue weighted by atomic mass is 9.78. The van der Waals surface area contributed by atoms with Crippen LogP contribution in [-0.2, 0) is 6.42 Å². The number of carbonyl (C=O) groups is 1. The number of anilines is 1. The first-order valence-corrected chi connectivity index (χ1v) is 8.06. The van der Waals surface area contributed by atoms with Crippen molar-refractivity contribution in [3.8, 4) is 0 Å². The molecular formula is C15H24N2OS. The van der Waals surface area contributed by atoms with E-state index in [1.807, 2.05) is 0 Å². The Kier molecular flexibility index (Phi) is 4.29. The Labute approximate surface area is 120 Å². The van der Waals surface area contributed by atoms with E-state index in [0.717, 1.165) is 48.1 Å². The summed E-state index contributed by atoms with van der Waals surface area (Å²) in [5, 5.41) is 1.04. The minimum atomic E-state index is 0.0652. The van der Waals surface area contributed by atoms with Crippen LogP contribution in [0.25, 0.3) is 0 Å².